The standard InChI is InChI=1S/C11H14BrNO2/c1-7(2)15-11-6-9(13-8(3)14)4-5-10(11)12/h4-7H,1-3H3,(H,13,14). The number of ether oxygens (including phenoxy) is 1. The van der Waals surface area contributed by atoms with E-state index >= 15 is 0 Å². The second-order valence-corrected chi connectivity index (χ2v) is 4.35. The molecule has 0 spiro atoms. The van der Waals surface area contributed by atoms with Gasteiger partial charge in [0.05, 0.1) is 10.6 Å². The van der Waals surface area contributed by atoms with Crippen molar-refractivity contribution in [3.8, 4) is 5.75 Å². The van der Waals surface area contributed by atoms with Crippen molar-refractivity contribution in [1.29, 1.82) is 0 Å². The Balaban J connectivity index is 2.89. The maximum Gasteiger partial charge on any atom is 0.221 e. The zero-order valence-corrected chi connectivity index (χ0v) is 10.6. The molecule has 1 amide bonds. The highest BCUT2D eigenvalue weighted by molar-refractivity contribution is 9.10. The molecule has 0 fully saturated rings. The van der Waals surface area contributed by atoms with Crippen LogP contribution in [0.2, 0.25) is 0 Å². The van der Waals surface area contributed by atoms with Gasteiger partial charge in [-0.1, -0.05) is 0 Å². The summed E-state index contributed by atoms with van der Waals surface area (Å²) in [6.45, 7) is 5.39. The van der Waals surface area contributed by atoms with Crippen LogP contribution in [-0.2, 0) is 4.79 Å². The van der Waals surface area contributed by atoms with E-state index in [0.717, 1.165) is 15.9 Å². The van der Waals surface area contributed by atoms with Gasteiger partial charge >= 0.3 is 0 Å². The molecule has 3 nitrogen and oxygen atoms in total. The number of amides is 1. The van der Waals surface area contributed by atoms with Gasteiger partial charge in [0.15, 0.2) is 0 Å². The average molecular weight is 272 g/mol. The van der Waals surface area contributed by atoms with Gasteiger partial charge in [0.1, 0.15) is 5.75 Å². The van der Waals surface area contributed by atoms with E-state index in [9.17, 15) is 4.79 Å². The van der Waals surface area contributed by atoms with Crippen LogP contribution in [0.25, 0.3) is 0 Å². The van der Waals surface area contributed by atoms with Crippen LogP contribution in [0.3, 0.4) is 0 Å². The summed E-state index contributed by atoms with van der Waals surface area (Å²) in [5.74, 6) is 0.643. The quantitative estimate of drug-likeness (QED) is 0.917. The zero-order chi connectivity index (χ0) is 11.4. The van der Waals surface area contributed by atoms with E-state index in [1.54, 1.807) is 6.07 Å². The zero-order valence-electron chi connectivity index (χ0n) is 9.00. The number of hydrogen-bond donors (Lipinski definition) is 1. The second kappa shape index (κ2) is 5.16. The number of hydrogen-bond acceptors (Lipinski definition) is 2. The van der Waals surface area contributed by atoms with Gasteiger partial charge in [0, 0.05) is 18.7 Å². The Morgan fingerprint density at radius 3 is 2.67 bits per heavy atom. The summed E-state index contributed by atoms with van der Waals surface area (Å²) < 4.78 is 6.45. The fourth-order valence-corrected chi connectivity index (χ4v) is 1.47. The molecule has 1 N–H and O–H groups in total. The molecular formula is C11H14BrNO2. The lowest BCUT2D eigenvalue weighted by molar-refractivity contribution is -0.114. The van der Waals surface area contributed by atoms with Gasteiger partial charge in [-0.2, -0.15) is 0 Å². The van der Waals surface area contributed by atoms with Gasteiger partial charge < -0.3 is 10.1 Å². The summed E-state index contributed by atoms with van der Waals surface area (Å²) in [6, 6.07) is 5.47. The number of carbonyl (C=O) groups is 1. The second-order valence-electron chi connectivity index (χ2n) is 3.49. The Morgan fingerprint density at radius 2 is 2.13 bits per heavy atom. The van der Waals surface area contributed by atoms with E-state index < -0.39 is 0 Å². The van der Waals surface area contributed by atoms with Crippen LogP contribution in [0.1, 0.15) is 20.8 Å². The van der Waals surface area contributed by atoms with Crippen molar-refractivity contribution in [3.63, 3.8) is 0 Å². The molecule has 0 aliphatic rings. The lowest BCUT2D eigenvalue weighted by atomic mass is 10.3. The Hall–Kier alpha value is -1.03. The highest BCUT2D eigenvalue weighted by Crippen LogP contribution is 2.29. The average Bonchev–Trinajstić information content (AvgIpc) is 2.09. The summed E-state index contributed by atoms with van der Waals surface area (Å²) >= 11 is 3.39. The number of halogens is 1. The van der Waals surface area contributed by atoms with Gasteiger partial charge in [0.2, 0.25) is 5.91 Å². The molecule has 1 aromatic rings. The van der Waals surface area contributed by atoms with Crippen LogP contribution in [0.5, 0.6) is 5.75 Å². The lowest BCUT2D eigenvalue weighted by Gasteiger charge is -2.12. The molecule has 0 aliphatic carbocycles. The molecule has 1 aromatic carbocycles. The minimum Gasteiger partial charge on any atom is -0.490 e. The molecule has 4 heteroatoms. The van der Waals surface area contributed by atoms with Crippen molar-refractivity contribution in [2.75, 3.05) is 5.32 Å². The third kappa shape index (κ3) is 3.91. The van der Waals surface area contributed by atoms with Crippen molar-refractivity contribution in [2.24, 2.45) is 0 Å². The SMILES string of the molecule is CC(=O)Nc1ccc(Br)c(OC(C)C)c1. The Kier molecular flexibility index (Phi) is 4.15. The monoisotopic (exact) mass is 271 g/mol. The molecule has 1 rings (SSSR count). The first-order chi connectivity index (χ1) is 6.99. The van der Waals surface area contributed by atoms with E-state index in [4.69, 9.17) is 4.74 Å². The van der Waals surface area contributed by atoms with Gasteiger partial charge in [0.25, 0.3) is 0 Å². The molecule has 0 heterocycles. The fourth-order valence-electron chi connectivity index (χ4n) is 1.13. The van der Waals surface area contributed by atoms with E-state index in [2.05, 4.69) is 21.2 Å². The van der Waals surface area contributed by atoms with Crippen LogP contribution < -0.4 is 10.1 Å². The molecule has 0 atom stereocenters. The highest BCUT2D eigenvalue weighted by Gasteiger charge is 2.05. The van der Waals surface area contributed by atoms with Gasteiger partial charge in [-0.15, -0.1) is 0 Å². The fraction of sp³-hybridized carbons (Fsp3) is 0.364. The van der Waals surface area contributed by atoms with Crippen LogP contribution in [-0.4, -0.2) is 12.0 Å². The number of rotatable bonds is 3. The summed E-state index contributed by atoms with van der Waals surface area (Å²) in [7, 11) is 0. The molecule has 0 bridgehead atoms. The van der Waals surface area contributed by atoms with Crippen LogP contribution >= 0.6 is 15.9 Å². The van der Waals surface area contributed by atoms with Gasteiger partial charge in [-0.05, 0) is 41.9 Å². The number of carbonyl (C=O) groups excluding carboxylic acids is 1. The van der Waals surface area contributed by atoms with Crippen LogP contribution in [0.15, 0.2) is 22.7 Å². The van der Waals surface area contributed by atoms with E-state index in [-0.39, 0.29) is 12.0 Å². The van der Waals surface area contributed by atoms with Gasteiger partial charge in [-0.3, -0.25) is 4.79 Å². The lowest BCUT2D eigenvalue weighted by Crippen LogP contribution is -2.08. The van der Waals surface area contributed by atoms with Crippen LogP contribution in [0.4, 0.5) is 5.69 Å². The third-order valence-electron chi connectivity index (χ3n) is 1.61. The molecule has 0 aliphatic heterocycles. The molecule has 0 radical (unpaired) electrons. The Labute approximate surface area is 97.9 Å². The summed E-state index contributed by atoms with van der Waals surface area (Å²) in [5, 5.41) is 2.71. The van der Waals surface area contributed by atoms with Gasteiger partial charge in [-0.25, -0.2) is 0 Å². The van der Waals surface area contributed by atoms with Crippen molar-refractivity contribution < 1.29 is 9.53 Å². The van der Waals surface area contributed by atoms with E-state index in [0.29, 0.717) is 0 Å². The maximum atomic E-state index is 10.9. The Bertz CT molecular complexity index is 364. The minimum absolute atomic E-state index is 0.0900. The van der Waals surface area contributed by atoms with Crippen molar-refractivity contribution in [3.05, 3.63) is 22.7 Å². The molecule has 0 aromatic heterocycles. The number of benzene rings is 1. The topological polar surface area (TPSA) is 38.3 Å². The highest BCUT2D eigenvalue weighted by atomic mass is 79.9. The first-order valence-electron chi connectivity index (χ1n) is 4.73. The predicted molar refractivity (Wildman–Crippen MR) is 64.2 cm³/mol. The summed E-state index contributed by atoms with van der Waals surface area (Å²) in [6.07, 6.45) is 0.105. The molecule has 82 valence electrons. The Morgan fingerprint density at radius 1 is 1.47 bits per heavy atom. The molecule has 0 unspecified atom stereocenters. The maximum absolute atomic E-state index is 10.9. The van der Waals surface area contributed by atoms with Crippen molar-refractivity contribution in [2.45, 2.75) is 26.9 Å². The molecule has 0 saturated heterocycles. The minimum atomic E-state index is -0.0900. The van der Waals surface area contributed by atoms with Crippen molar-refractivity contribution in [1.82, 2.24) is 0 Å². The molecule has 0 saturated carbocycles. The summed E-state index contributed by atoms with van der Waals surface area (Å²) in [5.41, 5.74) is 0.737. The summed E-state index contributed by atoms with van der Waals surface area (Å²) in [4.78, 5) is 10.9. The van der Waals surface area contributed by atoms with Crippen molar-refractivity contribution >= 4 is 27.5 Å². The first kappa shape index (κ1) is 12.0. The van der Waals surface area contributed by atoms with E-state index in [1.807, 2.05) is 26.0 Å². The normalized spacial score (nSPS) is 10.2. The third-order valence-corrected chi connectivity index (χ3v) is 2.27. The van der Waals surface area contributed by atoms with Crippen LogP contribution in [0, 0.1) is 0 Å². The molecular weight excluding hydrogens is 258 g/mol. The number of anilines is 1. The molecule has 15 heavy (non-hydrogen) atoms. The smallest absolute Gasteiger partial charge is 0.221 e. The first-order valence-corrected chi connectivity index (χ1v) is 5.52. The largest absolute Gasteiger partial charge is 0.490 e. The predicted octanol–water partition coefficient (Wildman–Crippen LogP) is 3.19. The van der Waals surface area contributed by atoms with E-state index in [1.165, 1.54) is 6.92 Å². The number of nitrogens with one attached hydrogen (secondary N) is 1.